The zero-order valence-electron chi connectivity index (χ0n) is 16.1. The van der Waals surface area contributed by atoms with Gasteiger partial charge in [-0.25, -0.2) is 25.9 Å². The average Bonchev–Trinajstić information content (AvgIpc) is 2.88. The fourth-order valence-corrected chi connectivity index (χ4v) is 5.99. The number of anilines is 1. The third-order valence-corrected chi connectivity index (χ3v) is 8.04. The highest BCUT2D eigenvalue weighted by atomic mass is 32.2. The van der Waals surface area contributed by atoms with E-state index in [0.717, 1.165) is 13.1 Å². The van der Waals surface area contributed by atoms with Crippen LogP contribution in [0.3, 0.4) is 0 Å². The lowest BCUT2D eigenvalue weighted by atomic mass is 10.2. The van der Waals surface area contributed by atoms with E-state index >= 15 is 0 Å². The smallest absolute Gasteiger partial charge is 0.242 e. The first-order valence-corrected chi connectivity index (χ1v) is 12.0. The van der Waals surface area contributed by atoms with Gasteiger partial charge >= 0.3 is 0 Å². The van der Waals surface area contributed by atoms with Crippen LogP contribution in [0, 0.1) is 6.92 Å². The standard InChI is InChI=1S/C17H27N3O5S2/c1-5-19(6-2)14(4)12-18-27(24,25)16-11-15(8-7-13(16)3)20-17(21)9-10-26(20,22)23/h7-8,11,14,18H,5-6,9-10,12H2,1-4H3/t14-/m0/s1. The number of likely N-dealkylation sites (N-methyl/N-ethyl adjacent to an activating group) is 1. The maximum Gasteiger partial charge on any atom is 0.242 e. The Balaban J connectivity index is 2.31. The second-order valence-corrected chi connectivity index (χ2v) is 10.3. The summed E-state index contributed by atoms with van der Waals surface area (Å²) in [5, 5.41) is 0. The Bertz CT molecular complexity index is 908. The minimum Gasteiger partial charge on any atom is -0.300 e. The van der Waals surface area contributed by atoms with Crippen molar-refractivity contribution in [3.63, 3.8) is 0 Å². The topological polar surface area (TPSA) is 104 Å². The number of benzene rings is 1. The van der Waals surface area contributed by atoms with Crippen molar-refractivity contribution in [3.05, 3.63) is 23.8 Å². The van der Waals surface area contributed by atoms with E-state index in [1.54, 1.807) is 6.92 Å². The predicted octanol–water partition coefficient (Wildman–Crippen LogP) is 1.07. The molecule has 1 saturated heterocycles. The molecule has 1 heterocycles. The summed E-state index contributed by atoms with van der Waals surface area (Å²) in [4.78, 5) is 14.1. The van der Waals surface area contributed by atoms with Gasteiger partial charge in [-0.15, -0.1) is 0 Å². The summed E-state index contributed by atoms with van der Waals surface area (Å²) in [6.45, 7) is 9.44. The summed E-state index contributed by atoms with van der Waals surface area (Å²) in [5.74, 6) is -0.813. The van der Waals surface area contributed by atoms with Crippen LogP contribution in [0.1, 0.15) is 32.8 Å². The SMILES string of the molecule is CCN(CC)[C@@H](C)CNS(=O)(=O)c1cc(N2C(=O)CCS2(=O)=O)ccc1C. The molecule has 1 aromatic carbocycles. The molecule has 1 aliphatic rings. The Labute approximate surface area is 161 Å². The molecule has 27 heavy (non-hydrogen) atoms. The number of hydrogen-bond donors (Lipinski definition) is 1. The molecular formula is C17H27N3O5S2. The van der Waals surface area contributed by atoms with E-state index in [9.17, 15) is 21.6 Å². The number of aryl methyl sites for hydroxylation is 1. The molecule has 0 saturated carbocycles. The van der Waals surface area contributed by atoms with E-state index in [1.165, 1.54) is 18.2 Å². The molecule has 8 nitrogen and oxygen atoms in total. The lowest BCUT2D eigenvalue weighted by molar-refractivity contribution is -0.116. The number of hydrogen-bond acceptors (Lipinski definition) is 6. The molecule has 0 spiro atoms. The number of amides is 1. The van der Waals surface area contributed by atoms with Gasteiger partial charge in [0, 0.05) is 19.0 Å². The van der Waals surface area contributed by atoms with Gasteiger partial charge in [0.1, 0.15) is 0 Å². The van der Waals surface area contributed by atoms with Crippen LogP contribution in [0.5, 0.6) is 0 Å². The van der Waals surface area contributed by atoms with E-state index in [-0.39, 0.29) is 35.3 Å². The molecule has 1 amide bonds. The quantitative estimate of drug-likeness (QED) is 0.679. The van der Waals surface area contributed by atoms with Crippen molar-refractivity contribution in [1.82, 2.24) is 9.62 Å². The molecule has 1 N–H and O–H groups in total. The first-order chi connectivity index (χ1) is 12.5. The molecule has 2 rings (SSSR count). The highest BCUT2D eigenvalue weighted by molar-refractivity contribution is 7.94. The van der Waals surface area contributed by atoms with Gasteiger partial charge in [0.05, 0.1) is 16.3 Å². The van der Waals surface area contributed by atoms with Crippen LogP contribution in [0.25, 0.3) is 0 Å². The van der Waals surface area contributed by atoms with Crippen LogP contribution in [0.15, 0.2) is 23.1 Å². The number of rotatable bonds is 8. The van der Waals surface area contributed by atoms with Gasteiger partial charge in [0.2, 0.25) is 26.0 Å². The van der Waals surface area contributed by atoms with Gasteiger partial charge in [-0.05, 0) is 44.6 Å². The van der Waals surface area contributed by atoms with Gasteiger partial charge in [-0.3, -0.25) is 9.69 Å². The maximum atomic E-state index is 12.8. The molecule has 1 atom stereocenters. The number of carbonyl (C=O) groups is 1. The Morgan fingerprint density at radius 2 is 1.89 bits per heavy atom. The van der Waals surface area contributed by atoms with E-state index in [4.69, 9.17) is 0 Å². The molecule has 0 unspecified atom stereocenters. The first-order valence-electron chi connectivity index (χ1n) is 8.93. The fraction of sp³-hybridized carbons (Fsp3) is 0.588. The first kappa shape index (κ1) is 21.8. The van der Waals surface area contributed by atoms with Gasteiger partial charge in [-0.1, -0.05) is 19.9 Å². The Hall–Kier alpha value is -1.49. The largest absolute Gasteiger partial charge is 0.300 e. The van der Waals surface area contributed by atoms with Crippen LogP contribution in [0.2, 0.25) is 0 Å². The molecular weight excluding hydrogens is 390 g/mol. The molecule has 1 aliphatic heterocycles. The van der Waals surface area contributed by atoms with Gasteiger partial charge in [0.25, 0.3) is 0 Å². The van der Waals surface area contributed by atoms with E-state index in [0.29, 0.717) is 9.87 Å². The Morgan fingerprint density at radius 3 is 2.41 bits per heavy atom. The Kier molecular flexibility index (Phi) is 6.67. The normalized spacial score (nSPS) is 18.3. The van der Waals surface area contributed by atoms with Crippen molar-refractivity contribution < 1.29 is 21.6 Å². The van der Waals surface area contributed by atoms with Crippen LogP contribution in [-0.4, -0.2) is 59.1 Å². The van der Waals surface area contributed by atoms with Crippen LogP contribution < -0.4 is 9.03 Å². The summed E-state index contributed by atoms with van der Waals surface area (Å²) in [7, 11) is -7.60. The Morgan fingerprint density at radius 1 is 1.26 bits per heavy atom. The average molecular weight is 418 g/mol. The van der Waals surface area contributed by atoms with E-state index in [2.05, 4.69) is 9.62 Å². The molecule has 0 aliphatic carbocycles. The highest BCUT2D eigenvalue weighted by Gasteiger charge is 2.37. The van der Waals surface area contributed by atoms with Crippen molar-refractivity contribution in [2.45, 2.75) is 45.1 Å². The summed E-state index contributed by atoms with van der Waals surface area (Å²) >= 11 is 0. The summed E-state index contributed by atoms with van der Waals surface area (Å²) < 4.78 is 53.1. The lowest BCUT2D eigenvalue weighted by Gasteiger charge is -2.26. The number of nitrogens with zero attached hydrogens (tertiary/aromatic N) is 2. The predicted molar refractivity (Wildman–Crippen MR) is 105 cm³/mol. The van der Waals surface area contributed by atoms with E-state index in [1.807, 2.05) is 20.8 Å². The second kappa shape index (κ2) is 8.26. The number of carbonyl (C=O) groups excluding carboxylic acids is 1. The van der Waals surface area contributed by atoms with Crippen LogP contribution in [0.4, 0.5) is 5.69 Å². The zero-order valence-corrected chi connectivity index (χ0v) is 17.7. The van der Waals surface area contributed by atoms with E-state index < -0.39 is 26.0 Å². The molecule has 1 fully saturated rings. The van der Waals surface area contributed by atoms with Crippen molar-refractivity contribution in [3.8, 4) is 0 Å². The zero-order chi connectivity index (χ0) is 20.4. The molecule has 152 valence electrons. The lowest BCUT2D eigenvalue weighted by Crippen LogP contribution is -2.42. The van der Waals surface area contributed by atoms with Crippen LogP contribution >= 0.6 is 0 Å². The number of sulfonamides is 2. The van der Waals surface area contributed by atoms with Gasteiger partial charge < -0.3 is 0 Å². The van der Waals surface area contributed by atoms with Crippen molar-refractivity contribution in [2.24, 2.45) is 0 Å². The molecule has 10 heteroatoms. The molecule has 0 bridgehead atoms. The number of nitrogens with one attached hydrogen (secondary N) is 1. The molecule has 1 aromatic rings. The maximum absolute atomic E-state index is 12.8. The molecule has 0 radical (unpaired) electrons. The fourth-order valence-electron chi connectivity index (χ4n) is 3.16. The minimum absolute atomic E-state index is 0.0128. The monoisotopic (exact) mass is 417 g/mol. The summed E-state index contributed by atoms with van der Waals surface area (Å²) in [6, 6.07) is 4.23. The third-order valence-electron chi connectivity index (χ3n) is 4.78. The van der Waals surface area contributed by atoms with Gasteiger partial charge in [-0.2, -0.15) is 0 Å². The van der Waals surface area contributed by atoms with Crippen molar-refractivity contribution in [2.75, 3.05) is 29.7 Å². The van der Waals surface area contributed by atoms with Gasteiger partial charge in [0.15, 0.2) is 0 Å². The second-order valence-electron chi connectivity index (χ2n) is 6.60. The summed E-state index contributed by atoms with van der Waals surface area (Å²) in [5.41, 5.74) is 0.533. The van der Waals surface area contributed by atoms with Crippen molar-refractivity contribution in [1.29, 1.82) is 0 Å². The third kappa shape index (κ3) is 4.68. The summed E-state index contributed by atoms with van der Waals surface area (Å²) in [6.07, 6.45) is -0.0993. The van der Waals surface area contributed by atoms with Crippen molar-refractivity contribution >= 4 is 31.6 Å². The van der Waals surface area contributed by atoms with Crippen LogP contribution in [-0.2, 0) is 24.8 Å². The highest BCUT2D eigenvalue weighted by Crippen LogP contribution is 2.29. The minimum atomic E-state index is -3.85. The molecule has 0 aromatic heterocycles.